The maximum atomic E-state index is 11.8. The molecule has 0 atom stereocenters. The zero-order valence-corrected chi connectivity index (χ0v) is 14.3. The Kier molecular flexibility index (Phi) is 5.70. The Hall–Kier alpha value is -1.26. The molecule has 0 saturated carbocycles. The molecule has 1 heterocycles. The second-order valence-electron chi connectivity index (χ2n) is 6.83. The predicted molar refractivity (Wildman–Crippen MR) is 90.6 cm³/mol. The number of hydrogen-bond donors (Lipinski definition) is 2. The number of halogens is 1. The van der Waals surface area contributed by atoms with Crippen molar-refractivity contribution in [2.45, 2.75) is 45.6 Å². The summed E-state index contributed by atoms with van der Waals surface area (Å²) in [4.78, 5) is 11.8. The number of anilines is 1. The normalized spacial score (nSPS) is 16.4. The van der Waals surface area contributed by atoms with E-state index in [2.05, 4.69) is 10.6 Å². The van der Waals surface area contributed by atoms with Gasteiger partial charge in [-0.25, -0.2) is 4.79 Å². The molecule has 122 valence electrons. The van der Waals surface area contributed by atoms with Gasteiger partial charge in [0.15, 0.2) is 0 Å². The molecule has 1 aliphatic rings. The zero-order valence-electron chi connectivity index (χ0n) is 13.5. The molecule has 22 heavy (non-hydrogen) atoms. The molecule has 2 N–H and O–H groups in total. The van der Waals surface area contributed by atoms with Crippen LogP contribution in [0.2, 0.25) is 5.02 Å². The average molecular weight is 325 g/mol. The van der Waals surface area contributed by atoms with Crippen LogP contribution in [0.4, 0.5) is 10.5 Å². The van der Waals surface area contributed by atoms with Crippen LogP contribution in [0.3, 0.4) is 0 Å². The molecule has 1 fully saturated rings. The number of carbonyl (C=O) groups is 1. The third-order valence-electron chi connectivity index (χ3n) is 3.67. The van der Waals surface area contributed by atoms with E-state index in [4.69, 9.17) is 16.3 Å². The van der Waals surface area contributed by atoms with Gasteiger partial charge in [0.25, 0.3) is 0 Å². The Morgan fingerprint density at radius 1 is 1.36 bits per heavy atom. The number of nitrogens with one attached hydrogen (secondary N) is 2. The summed E-state index contributed by atoms with van der Waals surface area (Å²) in [5.41, 5.74) is 1.29. The van der Waals surface area contributed by atoms with Crippen LogP contribution in [0.1, 0.15) is 39.2 Å². The Morgan fingerprint density at radius 3 is 2.64 bits per heavy atom. The lowest BCUT2D eigenvalue weighted by atomic mass is 9.91. The lowest BCUT2D eigenvalue weighted by Gasteiger charge is -2.23. The lowest BCUT2D eigenvalue weighted by molar-refractivity contribution is 0.0636. The third kappa shape index (κ3) is 5.50. The van der Waals surface area contributed by atoms with Crippen molar-refractivity contribution in [2.24, 2.45) is 5.92 Å². The van der Waals surface area contributed by atoms with Crippen molar-refractivity contribution < 1.29 is 9.53 Å². The van der Waals surface area contributed by atoms with E-state index in [9.17, 15) is 4.79 Å². The second kappa shape index (κ2) is 7.34. The van der Waals surface area contributed by atoms with Crippen molar-refractivity contribution >= 4 is 23.4 Å². The molecule has 1 aromatic rings. The molecule has 2 rings (SSSR count). The maximum Gasteiger partial charge on any atom is 0.412 e. The number of rotatable bonds is 3. The molecule has 1 aliphatic heterocycles. The highest BCUT2D eigenvalue weighted by Crippen LogP contribution is 2.26. The van der Waals surface area contributed by atoms with Crippen LogP contribution < -0.4 is 10.6 Å². The number of carbonyl (C=O) groups excluding carboxylic acids is 1. The van der Waals surface area contributed by atoms with Crippen molar-refractivity contribution in [1.29, 1.82) is 0 Å². The van der Waals surface area contributed by atoms with E-state index in [0.717, 1.165) is 25.1 Å². The number of piperidine rings is 1. The number of ether oxygens (including phenoxy) is 1. The monoisotopic (exact) mass is 324 g/mol. The van der Waals surface area contributed by atoms with Crippen molar-refractivity contribution in [1.82, 2.24) is 5.32 Å². The molecule has 1 saturated heterocycles. The quantitative estimate of drug-likeness (QED) is 0.874. The highest BCUT2D eigenvalue weighted by molar-refractivity contribution is 6.31. The van der Waals surface area contributed by atoms with E-state index >= 15 is 0 Å². The van der Waals surface area contributed by atoms with Crippen molar-refractivity contribution in [3.8, 4) is 0 Å². The topological polar surface area (TPSA) is 50.4 Å². The number of hydrogen-bond acceptors (Lipinski definition) is 3. The standard InChI is InChI=1S/C17H25ClN2O2/c1-17(2,3)22-16(21)20-14-5-4-13(15(18)11-14)10-12-6-8-19-9-7-12/h4-5,11-12,19H,6-10H2,1-3H3,(H,20,21). The van der Waals surface area contributed by atoms with Gasteiger partial charge in [0, 0.05) is 10.7 Å². The molecule has 5 heteroatoms. The fourth-order valence-electron chi connectivity index (χ4n) is 2.61. The van der Waals surface area contributed by atoms with E-state index in [0.29, 0.717) is 16.6 Å². The Labute approximate surface area is 137 Å². The van der Waals surface area contributed by atoms with Crippen LogP contribution in [0.5, 0.6) is 0 Å². The number of amides is 1. The molecule has 0 bridgehead atoms. The Morgan fingerprint density at radius 2 is 2.05 bits per heavy atom. The minimum absolute atomic E-state index is 0.463. The molecular formula is C17H25ClN2O2. The van der Waals surface area contributed by atoms with E-state index in [-0.39, 0.29) is 0 Å². The summed E-state index contributed by atoms with van der Waals surface area (Å²) < 4.78 is 5.23. The van der Waals surface area contributed by atoms with Crippen LogP contribution in [-0.2, 0) is 11.2 Å². The van der Waals surface area contributed by atoms with Gasteiger partial charge in [0.05, 0.1) is 0 Å². The van der Waals surface area contributed by atoms with Crippen LogP contribution in [0.15, 0.2) is 18.2 Å². The van der Waals surface area contributed by atoms with Gasteiger partial charge in [-0.1, -0.05) is 17.7 Å². The molecule has 0 radical (unpaired) electrons. The van der Waals surface area contributed by atoms with E-state index in [1.54, 1.807) is 6.07 Å². The largest absolute Gasteiger partial charge is 0.444 e. The first-order valence-corrected chi connectivity index (χ1v) is 8.20. The molecule has 0 aromatic heterocycles. The summed E-state index contributed by atoms with van der Waals surface area (Å²) in [5.74, 6) is 0.684. The summed E-state index contributed by atoms with van der Waals surface area (Å²) in [6, 6.07) is 5.67. The lowest BCUT2D eigenvalue weighted by Crippen LogP contribution is -2.28. The van der Waals surface area contributed by atoms with Crippen LogP contribution >= 0.6 is 11.6 Å². The first-order chi connectivity index (χ1) is 10.3. The highest BCUT2D eigenvalue weighted by Gasteiger charge is 2.18. The van der Waals surface area contributed by atoms with E-state index in [1.807, 2.05) is 32.9 Å². The van der Waals surface area contributed by atoms with Gasteiger partial charge in [-0.15, -0.1) is 0 Å². The van der Waals surface area contributed by atoms with Gasteiger partial charge in [-0.2, -0.15) is 0 Å². The highest BCUT2D eigenvalue weighted by atomic mass is 35.5. The summed E-state index contributed by atoms with van der Waals surface area (Å²) in [7, 11) is 0. The molecule has 1 aromatic carbocycles. The molecule has 1 amide bonds. The van der Waals surface area contributed by atoms with E-state index in [1.165, 1.54) is 12.8 Å². The van der Waals surface area contributed by atoms with Gasteiger partial charge in [-0.3, -0.25) is 5.32 Å². The average Bonchev–Trinajstić information content (AvgIpc) is 2.41. The fraction of sp³-hybridized carbons (Fsp3) is 0.588. The maximum absolute atomic E-state index is 11.8. The summed E-state index contributed by atoms with van der Waals surface area (Å²) >= 11 is 6.36. The minimum Gasteiger partial charge on any atom is -0.444 e. The number of benzene rings is 1. The second-order valence-corrected chi connectivity index (χ2v) is 7.24. The predicted octanol–water partition coefficient (Wildman–Crippen LogP) is 4.23. The van der Waals surface area contributed by atoms with E-state index < -0.39 is 11.7 Å². The van der Waals surface area contributed by atoms with Gasteiger partial charge in [-0.05, 0) is 76.7 Å². The fourth-order valence-corrected chi connectivity index (χ4v) is 2.87. The summed E-state index contributed by atoms with van der Waals surface area (Å²) in [6.07, 6.45) is 2.91. The molecule has 0 spiro atoms. The molecule has 0 unspecified atom stereocenters. The molecule has 4 nitrogen and oxygen atoms in total. The van der Waals surface area contributed by atoms with Gasteiger partial charge in [0.1, 0.15) is 5.60 Å². The SMILES string of the molecule is CC(C)(C)OC(=O)Nc1ccc(CC2CCNCC2)c(Cl)c1. The van der Waals surface area contributed by atoms with Gasteiger partial charge < -0.3 is 10.1 Å². The smallest absolute Gasteiger partial charge is 0.412 e. The van der Waals surface area contributed by atoms with Crippen molar-refractivity contribution in [2.75, 3.05) is 18.4 Å². The Bertz CT molecular complexity index is 520. The zero-order chi connectivity index (χ0) is 16.2. The first kappa shape index (κ1) is 17.1. The van der Waals surface area contributed by atoms with Gasteiger partial charge in [0.2, 0.25) is 0 Å². The third-order valence-corrected chi connectivity index (χ3v) is 4.02. The molecular weight excluding hydrogens is 300 g/mol. The summed E-state index contributed by atoms with van der Waals surface area (Å²) in [5, 5.41) is 6.79. The van der Waals surface area contributed by atoms with Crippen LogP contribution in [0.25, 0.3) is 0 Å². The van der Waals surface area contributed by atoms with Crippen molar-refractivity contribution in [3.05, 3.63) is 28.8 Å². The molecule has 0 aliphatic carbocycles. The van der Waals surface area contributed by atoms with Crippen LogP contribution in [0, 0.1) is 5.92 Å². The Balaban J connectivity index is 1.95. The van der Waals surface area contributed by atoms with Crippen LogP contribution in [-0.4, -0.2) is 24.8 Å². The van der Waals surface area contributed by atoms with Gasteiger partial charge >= 0.3 is 6.09 Å². The minimum atomic E-state index is -0.511. The first-order valence-electron chi connectivity index (χ1n) is 7.82. The summed E-state index contributed by atoms with van der Waals surface area (Å²) in [6.45, 7) is 7.67. The van der Waals surface area contributed by atoms with Crippen molar-refractivity contribution in [3.63, 3.8) is 0 Å².